The number of sulfonamides is 1. The van der Waals surface area contributed by atoms with E-state index in [-0.39, 0.29) is 23.0 Å². The maximum Gasteiger partial charge on any atom is 0.264 e. The van der Waals surface area contributed by atoms with Crippen LogP contribution in [0.3, 0.4) is 0 Å². The van der Waals surface area contributed by atoms with Crippen LogP contribution in [0.5, 0.6) is 11.5 Å². The van der Waals surface area contributed by atoms with Crippen molar-refractivity contribution in [3.8, 4) is 11.5 Å². The molecule has 3 rings (SSSR count). The number of rotatable bonds is 13. The lowest BCUT2D eigenvalue weighted by atomic mass is 10.1. The summed E-state index contributed by atoms with van der Waals surface area (Å²) >= 11 is 0. The highest BCUT2D eigenvalue weighted by Gasteiger charge is 2.33. The number of carbonyl (C=O) groups excluding carboxylic acids is 2. The lowest BCUT2D eigenvalue weighted by Gasteiger charge is -2.32. The number of methoxy groups -OCH3 is 2. The number of ether oxygens (including phenoxy) is 2. The van der Waals surface area contributed by atoms with Gasteiger partial charge in [-0.1, -0.05) is 55.0 Å². The lowest BCUT2D eigenvalue weighted by molar-refractivity contribution is -0.139. The van der Waals surface area contributed by atoms with Crippen molar-refractivity contribution in [1.82, 2.24) is 10.2 Å². The predicted octanol–water partition coefficient (Wildman–Crippen LogP) is 4.15. The van der Waals surface area contributed by atoms with E-state index in [1.54, 1.807) is 37.3 Å². The van der Waals surface area contributed by atoms with Gasteiger partial charge in [0.05, 0.1) is 24.8 Å². The maximum atomic E-state index is 14.0. The molecule has 0 aliphatic heterocycles. The van der Waals surface area contributed by atoms with Gasteiger partial charge in [0, 0.05) is 19.2 Å². The van der Waals surface area contributed by atoms with Crippen LogP contribution in [0.2, 0.25) is 0 Å². The Hall–Kier alpha value is -4.05. The summed E-state index contributed by atoms with van der Waals surface area (Å²) in [5.41, 5.74) is 2.05. The molecule has 10 heteroatoms. The standard InChI is InChI=1S/C30H37N3O6S/c1-6-17-31-30(35)23(3)32(20-24-12-10-11-22(2)18-24)29(34)21-33(40(36,37)26-13-8-7-9-14-26)25-15-16-27(38-4)28(19-25)39-5/h7-16,18-19,23H,6,17,20-21H2,1-5H3,(H,31,35). The summed E-state index contributed by atoms with van der Waals surface area (Å²) in [4.78, 5) is 28.4. The first-order valence-corrected chi connectivity index (χ1v) is 14.5. The number of nitrogens with zero attached hydrogens (tertiary/aromatic N) is 2. The third-order valence-electron chi connectivity index (χ3n) is 6.42. The van der Waals surface area contributed by atoms with Crippen molar-refractivity contribution < 1.29 is 27.5 Å². The van der Waals surface area contributed by atoms with E-state index in [9.17, 15) is 18.0 Å². The molecule has 0 aliphatic carbocycles. The van der Waals surface area contributed by atoms with E-state index < -0.39 is 28.5 Å². The lowest BCUT2D eigenvalue weighted by Crippen LogP contribution is -2.51. The number of hydrogen-bond acceptors (Lipinski definition) is 6. The van der Waals surface area contributed by atoms with Crippen molar-refractivity contribution in [2.24, 2.45) is 0 Å². The second kappa shape index (κ2) is 13.8. The van der Waals surface area contributed by atoms with Gasteiger partial charge in [0.1, 0.15) is 12.6 Å². The number of hydrogen-bond donors (Lipinski definition) is 1. The van der Waals surface area contributed by atoms with Crippen molar-refractivity contribution in [3.05, 3.63) is 83.9 Å². The molecule has 0 heterocycles. The largest absolute Gasteiger partial charge is 0.493 e. The van der Waals surface area contributed by atoms with Gasteiger partial charge in [0.15, 0.2) is 11.5 Å². The van der Waals surface area contributed by atoms with E-state index in [2.05, 4.69) is 5.32 Å². The topological polar surface area (TPSA) is 105 Å². The third-order valence-corrected chi connectivity index (χ3v) is 8.21. The van der Waals surface area contributed by atoms with Crippen LogP contribution in [-0.4, -0.2) is 58.5 Å². The second-order valence-electron chi connectivity index (χ2n) is 9.34. The van der Waals surface area contributed by atoms with Gasteiger partial charge in [-0.3, -0.25) is 13.9 Å². The Morgan fingerprint density at radius 1 is 0.925 bits per heavy atom. The fraction of sp³-hybridized carbons (Fsp3) is 0.333. The van der Waals surface area contributed by atoms with E-state index in [1.165, 1.54) is 37.3 Å². The van der Waals surface area contributed by atoms with Crippen LogP contribution in [0.4, 0.5) is 5.69 Å². The quantitative estimate of drug-likeness (QED) is 0.333. The van der Waals surface area contributed by atoms with Gasteiger partial charge in [-0.25, -0.2) is 8.42 Å². The predicted molar refractivity (Wildman–Crippen MR) is 155 cm³/mol. The molecule has 2 amide bonds. The molecule has 0 fully saturated rings. The van der Waals surface area contributed by atoms with Gasteiger partial charge < -0.3 is 19.7 Å². The Balaban J connectivity index is 2.06. The molecule has 0 aromatic heterocycles. The van der Waals surface area contributed by atoms with E-state index in [1.807, 2.05) is 38.1 Å². The maximum absolute atomic E-state index is 14.0. The zero-order valence-corrected chi connectivity index (χ0v) is 24.4. The summed E-state index contributed by atoms with van der Waals surface area (Å²) in [5.74, 6) is -0.122. The van der Waals surface area contributed by atoms with E-state index >= 15 is 0 Å². The number of amides is 2. The van der Waals surface area contributed by atoms with Gasteiger partial charge in [-0.05, 0) is 50.1 Å². The zero-order chi connectivity index (χ0) is 29.3. The fourth-order valence-corrected chi connectivity index (χ4v) is 5.64. The number of anilines is 1. The van der Waals surface area contributed by atoms with Crippen LogP contribution in [0.1, 0.15) is 31.4 Å². The number of carbonyl (C=O) groups is 2. The van der Waals surface area contributed by atoms with Crippen LogP contribution in [-0.2, 0) is 26.2 Å². The molecule has 1 unspecified atom stereocenters. The molecule has 0 aliphatic rings. The van der Waals surface area contributed by atoms with Gasteiger partial charge in [0.25, 0.3) is 10.0 Å². The van der Waals surface area contributed by atoms with E-state index in [4.69, 9.17) is 9.47 Å². The first kappa shape index (κ1) is 30.5. The average molecular weight is 568 g/mol. The zero-order valence-electron chi connectivity index (χ0n) is 23.6. The van der Waals surface area contributed by atoms with Crippen LogP contribution < -0.4 is 19.1 Å². The molecule has 1 atom stereocenters. The molecule has 9 nitrogen and oxygen atoms in total. The SMILES string of the molecule is CCCNC(=O)C(C)N(Cc1cccc(C)c1)C(=O)CN(c1ccc(OC)c(OC)c1)S(=O)(=O)c1ccccc1. The highest BCUT2D eigenvalue weighted by atomic mass is 32.2. The molecule has 40 heavy (non-hydrogen) atoms. The minimum absolute atomic E-state index is 0.0246. The Labute approximate surface area is 236 Å². The van der Waals surface area contributed by atoms with Gasteiger partial charge in [-0.15, -0.1) is 0 Å². The molecule has 0 saturated heterocycles. The molecule has 1 N–H and O–H groups in total. The summed E-state index contributed by atoms with van der Waals surface area (Å²) in [5, 5.41) is 2.84. The molecule has 0 bridgehead atoms. The van der Waals surface area contributed by atoms with Crippen molar-refractivity contribution in [2.75, 3.05) is 31.6 Å². The Morgan fingerprint density at radius 2 is 1.62 bits per heavy atom. The Bertz CT molecular complexity index is 1410. The highest BCUT2D eigenvalue weighted by molar-refractivity contribution is 7.92. The monoisotopic (exact) mass is 567 g/mol. The molecule has 3 aromatic carbocycles. The summed E-state index contributed by atoms with van der Waals surface area (Å²) in [6.07, 6.45) is 0.743. The van der Waals surface area contributed by atoms with Crippen LogP contribution in [0.25, 0.3) is 0 Å². The minimum Gasteiger partial charge on any atom is -0.493 e. The molecular formula is C30H37N3O6S. The Kier molecular flexibility index (Phi) is 10.6. The van der Waals surface area contributed by atoms with E-state index in [0.717, 1.165) is 21.9 Å². The molecule has 0 spiro atoms. The minimum atomic E-state index is -4.18. The first-order valence-electron chi connectivity index (χ1n) is 13.0. The normalized spacial score (nSPS) is 11.8. The number of nitrogens with one attached hydrogen (secondary N) is 1. The van der Waals surface area contributed by atoms with Gasteiger partial charge in [0.2, 0.25) is 11.8 Å². The second-order valence-corrected chi connectivity index (χ2v) is 11.2. The van der Waals surface area contributed by atoms with Gasteiger partial charge >= 0.3 is 0 Å². The van der Waals surface area contributed by atoms with Gasteiger partial charge in [-0.2, -0.15) is 0 Å². The first-order chi connectivity index (χ1) is 19.1. The van der Waals surface area contributed by atoms with Crippen molar-refractivity contribution in [2.45, 2.75) is 44.7 Å². The summed E-state index contributed by atoms with van der Waals surface area (Å²) in [7, 11) is -1.25. The van der Waals surface area contributed by atoms with Crippen LogP contribution in [0.15, 0.2) is 77.7 Å². The summed E-state index contributed by atoms with van der Waals surface area (Å²) in [6.45, 7) is 5.59. The van der Waals surface area contributed by atoms with E-state index in [0.29, 0.717) is 18.0 Å². The van der Waals surface area contributed by atoms with Crippen molar-refractivity contribution in [3.63, 3.8) is 0 Å². The molecule has 3 aromatic rings. The van der Waals surface area contributed by atoms with Crippen LogP contribution in [0, 0.1) is 6.92 Å². The summed E-state index contributed by atoms with van der Waals surface area (Å²) < 4.78 is 39.5. The third kappa shape index (κ3) is 7.32. The molecule has 0 radical (unpaired) electrons. The highest BCUT2D eigenvalue weighted by Crippen LogP contribution is 2.34. The molecular weight excluding hydrogens is 530 g/mol. The molecule has 0 saturated carbocycles. The molecule has 214 valence electrons. The van der Waals surface area contributed by atoms with Crippen molar-refractivity contribution in [1.29, 1.82) is 0 Å². The summed E-state index contributed by atoms with van der Waals surface area (Å²) in [6, 6.07) is 19.3. The van der Waals surface area contributed by atoms with Crippen molar-refractivity contribution >= 4 is 27.5 Å². The number of aryl methyl sites for hydroxylation is 1. The Morgan fingerprint density at radius 3 is 2.25 bits per heavy atom. The number of benzene rings is 3. The smallest absolute Gasteiger partial charge is 0.264 e. The van der Waals surface area contributed by atoms with Crippen LogP contribution >= 0.6 is 0 Å². The fourth-order valence-electron chi connectivity index (χ4n) is 4.21. The average Bonchev–Trinajstić information content (AvgIpc) is 2.96.